The summed E-state index contributed by atoms with van der Waals surface area (Å²) in [5.74, 6) is 1.73. The summed E-state index contributed by atoms with van der Waals surface area (Å²) in [6, 6.07) is 7.83. The molecule has 0 spiro atoms. The molecule has 4 heterocycles. The molecule has 0 bridgehead atoms. The number of nitrogens with zero attached hydrogens (tertiary/aromatic N) is 8. The van der Waals surface area contributed by atoms with E-state index in [0.29, 0.717) is 0 Å². The Labute approximate surface area is 193 Å². The van der Waals surface area contributed by atoms with Crippen molar-refractivity contribution in [3.63, 3.8) is 0 Å². The van der Waals surface area contributed by atoms with E-state index < -0.39 is 0 Å². The van der Waals surface area contributed by atoms with E-state index in [-0.39, 0.29) is 5.48 Å². The highest BCUT2D eigenvalue weighted by molar-refractivity contribution is 5.62. The maximum Gasteiger partial charge on any atom is 0.126 e. The fourth-order valence-electron chi connectivity index (χ4n) is 2.91. The SMILES string of the molecule is CCNc1cc(-c2cn(CC)nn2)ccn1.CCNc1cc(-c2cn(CC)nn2)ccn1.O. The molecule has 4 rings (SSSR count). The standard InChI is InChI=1S/2C11H15N5.H2O/c2*1-3-12-11-7-9(5-6-13-11)10-8-16(4-2)15-14-10;/h2*5-8H,3-4H2,1-2H3,(H,12,13);1H2. The Morgan fingerprint density at radius 3 is 1.45 bits per heavy atom. The van der Waals surface area contributed by atoms with Crippen molar-refractivity contribution in [1.29, 1.82) is 0 Å². The zero-order chi connectivity index (χ0) is 22.8. The zero-order valence-electron chi connectivity index (χ0n) is 19.5. The molecular formula is C22H32N10O. The number of hydrogen-bond donors (Lipinski definition) is 2. The molecule has 0 aliphatic carbocycles. The average Bonchev–Trinajstić information content (AvgIpc) is 3.50. The summed E-state index contributed by atoms with van der Waals surface area (Å²) < 4.78 is 3.62. The number of aryl methyl sites for hydroxylation is 2. The number of rotatable bonds is 8. The second-order valence-electron chi connectivity index (χ2n) is 6.84. The fourth-order valence-corrected chi connectivity index (χ4v) is 2.91. The van der Waals surface area contributed by atoms with Crippen LogP contribution in [0.1, 0.15) is 27.7 Å². The lowest BCUT2D eigenvalue weighted by atomic mass is 10.2. The minimum Gasteiger partial charge on any atom is -0.412 e. The molecule has 11 heteroatoms. The maximum absolute atomic E-state index is 4.22. The Balaban J connectivity index is 0.000000227. The second-order valence-corrected chi connectivity index (χ2v) is 6.84. The van der Waals surface area contributed by atoms with Crippen LogP contribution in [0.5, 0.6) is 0 Å². The summed E-state index contributed by atoms with van der Waals surface area (Å²) in [5, 5.41) is 22.6. The van der Waals surface area contributed by atoms with Gasteiger partial charge in [0.1, 0.15) is 23.0 Å². The van der Waals surface area contributed by atoms with Gasteiger partial charge in [0, 0.05) is 49.7 Å². The van der Waals surface area contributed by atoms with Crippen LogP contribution >= 0.6 is 0 Å². The minimum absolute atomic E-state index is 0. The van der Waals surface area contributed by atoms with Crippen LogP contribution in [0, 0.1) is 0 Å². The van der Waals surface area contributed by atoms with E-state index in [2.05, 4.69) is 41.2 Å². The summed E-state index contributed by atoms with van der Waals surface area (Å²) in [4.78, 5) is 8.43. The Hall–Kier alpha value is -3.86. The molecule has 176 valence electrons. The first-order chi connectivity index (χ1) is 15.7. The van der Waals surface area contributed by atoms with Gasteiger partial charge in [-0.2, -0.15) is 0 Å². The number of aromatic nitrogens is 8. The van der Waals surface area contributed by atoms with E-state index in [4.69, 9.17) is 0 Å². The molecule has 0 aliphatic heterocycles. The second kappa shape index (κ2) is 12.9. The topological polar surface area (TPSA) is 143 Å². The summed E-state index contributed by atoms with van der Waals surface area (Å²) in [7, 11) is 0. The van der Waals surface area contributed by atoms with Crippen LogP contribution < -0.4 is 10.6 Å². The lowest BCUT2D eigenvalue weighted by Crippen LogP contribution is -1.98. The summed E-state index contributed by atoms with van der Waals surface area (Å²) in [5.41, 5.74) is 3.82. The van der Waals surface area contributed by atoms with E-state index in [0.717, 1.165) is 60.3 Å². The van der Waals surface area contributed by atoms with E-state index in [1.165, 1.54) is 0 Å². The first kappa shape index (κ1) is 25.4. The molecular weight excluding hydrogens is 420 g/mol. The van der Waals surface area contributed by atoms with E-state index >= 15 is 0 Å². The maximum atomic E-state index is 4.22. The van der Waals surface area contributed by atoms with Gasteiger partial charge in [-0.3, -0.25) is 9.36 Å². The fraction of sp³-hybridized carbons (Fsp3) is 0.364. The molecule has 33 heavy (non-hydrogen) atoms. The molecule has 0 atom stereocenters. The quantitative estimate of drug-likeness (QED) is 0.415. The van der Waals surface area contributed by atoms with Crippen molar-refractivity contribution in [2.75, 3.05) is 23.7 Å². The summed E-state index contributed by atoms with van der Waals surface area (Å²) >= 11 is 0. The van der Waals surface area contributed by atoms with Crippen molar-refractivity contribution < 1.29 is 5.48 Å². The largest absolute Gasteiger partial charge is 0.412 e. The molecule has 0 aliphatic rings. The normalized spacial score (nSPS) is 10.1. The van der Waals surface area contributed by atoms with Crippen molar-refractivity contribution >= 4 is 11.6 Å². The third-order valence-corrected chi connectivity index (χ3v) is 4.55. The molecule has 0 amide bonds. The van der Waals surface area contributed by atoms with Gasteiger partial charge in [0.2, 0.25) is 0 Å². The van der Waals surface area contributed by atoms with Gasteiger partial charge in [0.05, 0.1) is 12.4 Å². The van der Waals surface area contributed by atoms with Crippen molar-refractivity contribution in [3.8, 4) is 22.5 Å². The van der Waals surface area contributed by atoms with Crippen LogP contribution in [-0.4, -0.2) is 58.5 Å². The first-order valence-electron chi connectivity index (χ1n) is 10.9. The molecule has 0 fully saturated rings. The number of anilines is 2. The van der Waals surface area contributed by atoms with Gasteiger partial charge in [-0.1, -0.05) is 10.4 Å². The Morgan fingerprint density at radius 2 is 1.12 bits per heavy atom. The number of nitrogens with one attached hydrogen (secondary N) is 2. The van der Waals surface area contributed by atoms with Gasteiger partial charge in [0.15, 0.2) is 0 Å². The Bertz CT molecular complexity index is 1020. The van der Waals surface area contributed by atoms with Crippen LogP contribution in [0.25, 0.3) is 22.5 Å². The monoisotopic (exact) mass is 452 g/mol. The van der Waals surface area contributed by atoms with Gasteiger partial charge < -0.3 is 16.1 Å². The Kier molecular flexibility index (Phi) is 9.90. The molecule has 0 saturated heterocycles. The van der Waals surface area contributed by atoms with E-state index in [1.54, 1.807) is 12.4 Å². The van der Waals surface area contributed by atoms with Gasteiger partial charge in [-0.25, -0.2) is 9.97 Å². The molecule has 0 radical (unpaired) electrons. The van der Waals surface area contributed by atoms with Crippen LogP contribution in [0.3, 0.4) is 0 Å². The lowest BCUT2D eigenvalue weighted by molar-refractivity contribution is 0.627. The van der Waals surface area contributed by atoms with E-state index in [1.807, 2.05) is 73.7 Å². The predicted octanol–water partition coefficient (Wildman–Crippen LogP) is 2.76. The predicted molar refractivity (Wildman–Crippen MR) is 130 cm³/mol. The third-order valence-electron chi connectivity index (χ3n) is 4.55. The molecule has 4 aromatic rings. The van der Waals surface area contributed by atoms with Crippen molar-refractivity contribution in [2.45, 2.75) is 40.8 Å². The van der Waals surface area contributed by atoms with Gasteiger partial charge >= 0.3 is 0 Å². The molecule has 4 aromatic heterocycles. The zero-order valence-corrected chi connectivity index (χ0v) is 19.5. The Morgan fingerprint density at radius 1 is 0.697 bits per heavy atom. The van der Waals surface area contributed by atoms with Gasteiger partial charge in [-0.15, -0.1) is 10.2 Å². The third kappa shape index (κ3) is 7.07. The van der Waals surface area contributed by atoms with Crippen LogP contribution in [0.15, 0.2) is 49.1 Å². The highest BCUT2D eigenvalue weighted by Crippen LogP contribution is 2.19. The van der Waals surface area contributed by atoms with E-state index in [9.17, 15) is 0 Å². The first-order valence-corrected chi connectivity index (χ1v) is 10.9. The van der Waals surface area contributed by atoms with Crippen molar-refractivity contribution in [2.24, 2.45) is 0 Å². The minimum atomic E-state index is 0. The van der Waals surface area contributed by atoms with Gasteiger partial charge in [-0.05, 0) is 52.0 Å². The molecule has 0 aromatic carbocycles. The van der Waals surface area contributed by atoms with Crippen molar-refractivity contribution in [3.05, 3.63) is 49.1 Å². The number of hydrogen-bond acceptors (Lipinski definition) is 8. The molecule has 0 saturated carbocycles. The summed E-state index contributed by atoms with van der Waals surface area (Å²) in [6.07, 6.45) is 7.42. The number of pyridine rings is 2. The highest BCUT2D eigenvalue weighted by Gasteiger charge is 2.05. The smallest absolute Gasteiger partial charge is 0.126 e. The summed E-state index contributed by atoms with van der Waals surface area (Å²) in [6.45, 7) is 11.5. The lowest BCUT2D eigenvalue weighted by Gasteiger charge is -2.02. The highest BCUT2D eigenvalue weighted by atomic mass is 16.0. The van der Waals surface area contributed by atoms with Crippen LogP contribution in [0.4, 0.5) is 11.6 Å². The molecule has 0 unspecified atom stereocenters. The molecule has 4 N–H and O–H groups in total. The van der Waals surface area contributed by atoms with Crippen LogP contribution in [0.2, 0.25) is 0 Å². The van der Waals surface area contributed by atoms with Crippen molar-refractivity contribution in [1.82, 2.24) is 40.0 Å². The average molecular weight is 453 g/mol. The van der Waals surface area contributed by atoms with Gasteiger partial charge in [0.25, 0.3) is 0 Å². The van der Waals surface area contributed by atoms with Crippen LogP contribution in [-0.2, 0) is 13.1 Å². The molecule has 11 nitrogen and oxygen atoms in total.